The number of nitrogens with one attached hydrogen (secondary N) is 2. The van der Waals surface area contributed by atoms with E-state index in [-0.39, 0.29) is 12.7 Å². The fourth-order valence-electron chi connectivity index (χ4n) is 2.43. The second kappa shape index (κ2) is 9.41. The van der Waals surface area contributed by atoms with Crippen molar-refractivity contribution in [3.63, 3.8) is 0 Å². The molecule has 6 nitrogen and oxygen atoms in total. The van der Waals surface area contributed by atoms with E-state index < -0.39 is 11.8 Å². The number of benzene rings is 2. The first kappa shape index (κ1) is 20.8. The van der Waals surface area contributed by atoms with Crippen LogP contribution in [-0.4, -0.2) is 24.5 Å². The Morgan fingerprint density at radius 1 is 1.07 bits per heavy atom. The third-order valence-corrected chi connectivity index (χ3v) is 4.11. The number of rotatable bonds is 6. The molecule has 0 aromatic heterocycles. The van der Waals surface area contributed by atoms with E-state index in [0.717, 1.165) is 15.6 Å². The van der Waals surface area contributed by atoms with Crippen molar-refractivity contribution in [2.45, 2.75) is 33.8 Å². The Kier molecular flexibility index (Phi) is 7.24. The minimum Gasteiger partial charge on any atom is -0.490 e. The van der Waals surface area contributed by atoms with E-state index in [0.29, 0.717) is 17.1 Å². The van der Waals surface area contributed by atoms with Crippen LogP contribution in [0.25, 0.3) is 0 Å². The third-order valence-electron chi connectivity index (χ3n) is 3.62. The number of aryl methyl sites for hydroxylation is 2. The van der Waals surface area contributed by atoms with Gasteiger partial charge < -0.3 is 9.47 Å². The summed E-state index contributed by atoms with van der Waals surface area (Å²) < 4.78 is 11.9. The topological polar surface area (TPSA) is 76.7 Å². The molecule has 0 heterocycles. The summed E-state index contributed by atoms with van der Waals surface area (Å²) in [5.74, 6) is 0.157. The fraction of sp³-hybridized carbons (Fsp3) is 0.300. The van der Waals surface area contributed by atoms with E-state index in [4.69, 9.17) is 9.47 Å². The average Bonchev–Trinajstić information content (AvgIpc) is 2.60. The number of carbonyl (C=O) groups is 2. The normalized spacial score (nSPS) is 10.4. The minimum atomic E-state index is -0.479. The Hall–Kier alpha value is -2.54. The van der Waals surface area contributed by atoms with Crippen molar-refractivity contribution < 1.29 is 19.1 Å². The molecule has 2 amide bonds. The molecule has 27 heavy (non-hydrogen) atoms. The summed E-state index contributed by atoms with van der Waals surface area (Å²) in [6.45, 7) is 7.35. The van der Waals surface area contributed by atoms with Crippen LogP contribution < -0.4 is 20.3 Å². The van der Waals surface area contributed by atoms with E-state index >= 15 is 0 Å². The molecule has 144 valence electrons. The number of hydrogen-bond acceptors (Lipinski definition) is 4. The zero-order valence-corrected chi connectivity index (χ0v) is 17.3. The molecule has 2 aromatic rings. The zero-order chi connectivity index (χ0) is 20.0. The number of halogens is 1. The standard InChI is InChI=1S/C20H23BrN2O4/c1-12(2)27-17-9-8-15(21)10-16(17)20(25)23-22-18(24)11-26-19-13(3)6-5-7-14(19)4/h5-10,12H,11H2,1-4H3,(H,22,24)(H,23,25). The van der Waals surface area contributed by atoms with E-state index in [1.54, 1.807) is 18.2 Å². The first-order valence-electron chi connectivity index (χ1n) is 8.52. The van der Waals surface area contributed by atoms with E-state index in [1.807, 2.05) is 45.9 Å². The third kappa shape index (κ3) is 5.99. The summed E-state index contributed by atoms with van der Waals surface area (Å²) in [6.07, 6.45) is -0.0851. The van der Waals surface area contributed by atoms with Crippen molar-refractivity contribution in [2.24, 2.45) is 0 Å². The molecule has 2 aromatic carbocycles. The number of amides is 2. The molecule has 0 unspecified atom stereocenters. The molecule has 0 bridgehead atoms. The van der Waals surface area contributed by atoms with Gasteiger partial charge in [0.05, 0.1) is 11.7 Å². The highest BCUT2D eigenvalue weighted by Gasteiger charge is 2.15. The number of para-hydroxylation sites is 1. The molecule has 7 heteroatoms. The van der Waals surface area contributed by atoms with Crippen LogP contribution in [0.3, 0.4) is 0 Å². The van der Waals surface area contributed by atoms with Crippen molar-refractivity contribution >= 4 is 27.7 Å². The lowest BCUT2D eigenvalue weighted by molar-refractivity contribution is -0.123. The Balaban J connectivity index is 1.95. The zero-order valence-electron chi connectivity index (χ0n) is 15.8. The molecule has 0 atom stereocenters. The minimum absolute atomic E-state index is 0.0851. The van der Waals surface area contributed by atoms with Gasteiger partial charge in [0.25, 0.3) is 11.8 Å². The van der Waals surface area contributed by atoms with E-state index in [9.17, 15) is 9.59 Å². The highest BCUT2D eigenvalue weighted by Crippen LogP contribution is 2.24. The first-order chi connectivity index (χ1) is 12.8. The van der Waals surface area contributed by atoms with Crippen LogP contribution in [0.1, 0.15) is 35.3 Å². The summed E-state index contributed by atoms with van der Waals surface area (Å²) >= 11 is 3.33. The molecule has 0 radical (unpaired) electrons. The van der Waals surface area contributed by atoms with Crippen molar-refractivity contribution in [1.82, 2.24) is 10.9 Å². The lowest BCUT2D eigenvalue weighted by atomic mass is 10.1. The van der Waals surface area contributed by atoms with Gasteiger partial charge in [0.15, 0.2) is 6.61 Å². The molecule has 0 aliphatic heterocycles. The maximum atomic E-state index is 12.4. The predicted octanol–water partition coefficient (Wildman–Crippen LogP) is 3.69. The van der Waals surface area contributed by atoms with Crippen LogP contribution in [0.4, 0.5) is 0 Å². The van der Waals surface area contributed by atoms with Crippen LogP contribution in [0, 0.1) is 13.8 Å². The molecule has 0 aliphatic carbocycles. The summed E-state index contributed by atoms with van der Waals surface area (Å²) in [6, 6.07) is 10.9. The molecule has 0 aliphatic rings. The quantitative estimate of drug-likeness (QED) is 0.679. The first-order valence-corrected chi connectivity index (χ1v) is 9.31. The van der Waals surface area contributed by atoms with Crippen LogP contribution in [0.5, 0.6) is 11.5 Å². The molecule has 0 saturated carbocycles. The molecule has 0 saturated heterocycles. The Bertz CT molecular complexity index is 816. The summed E-state index contributed by atoms with van der Waals surface area (Å²) in [4.78, 5) is 24.4. The summed E-state index contributed by atoms with van der Waals surface area (Å²) in [7, 11) is 0. The van der Waals surface area contributed by atoms with Gasteiger partial charge in [-0.05, 0) is 57.0 Å². The van der Waals surface area contributed by atoms with Gasteiger partial charge in [-0.25, -0.2) is 0 Å². The van der Waals surface area contributed by atoms with Gasteiger partial charge in [-0.1, -0.05) is 34.1 Å². The second-order valence-electron chi connectivity index (χ2n) is 6.32. The van der Waals surface area contributed by atoms with Gasteiger partial charge in [0.2, 0.25) is 0 Å². The molecular weight excluding hydrogens is 412 g/mol. The van der Waals surface area contributed by atoms with Gasteiger partial charge >= 0.3 is 0 Å². The maximum Gasteiger partial charge on any atom is 0.276 e. The van der Waals surface area contributed by atoms with Gasteiger partial charge in [-0.2, -0.15) is 0 Å². The highest BCUT2D eigenvalue weighted by molar-refractivity contribution is 9.10. The maximum absolute atomic E-state index is 12.4. The predicted molar refractivity (Wildman–Crippen MR) is 107 cm³/mol. The molecule has 2 N–H and O–H groups in total. The lowest BCUT2D eigenvalue weighted by Gasteiger charge is -2.15. The van der Waals surface area contributed by atoms with E-state index in [1.165, 1.54) is 0 Å². The highest BCUT2D eigenvalue weighted by atomic mass is 79.9. The molecule has 0 fully saturated rings. The molecule has 2 rings (SSSR count). The van der Waals surface area contributed by atoms with E-state index in [2.05, 4.69) is 26.8 Å². The van der Waals surface area contributed by atoms with Gasteiger partial charge in [0.1, 0.15) is 11.5 Å². The van der Waals surface area contributed by atoms with Crippen LogP contribution in [-0.2, 0) is 4.79 Å². The Labute approximate surface area is 167 Å². The smallest absolute Gasteiger partial charge is 0.276 e. The second-order valence-corrected chi connectivity index (χ2v) is 7.23. The van der Waals surface area contributed by atoms with Crippen molar-refractivity contribution in [3.8, 4) is 11.5 Å². The number of ether oxygens (including phenoxy) is 2. The Morgan fingerprint density at radius 3 is 2.37 bits per heavy atom. The lowest BCUT2D eigenvalue weighted by Crippen LogP contribution is -2.44. The average molecular weight is 435 g/mol. The molecular formula is C20H23BrN2O4. The summed E-state index contributed by atoms with van der Waals surface area (Å²) in [5, 5.41) is 0. The van der Waals surface area contributed by atoms with Gasteiger partial charge in [-0.3, -0.25) is 20.4 Å². The largest absolute Gasteiger partial charge is 0.490 e. The number of hydrazine groups is 1. The van der Waals surface area contributed by atoms with Gasteiger partial charge in [0, 0.05) is 4.47 Å². The van der Waals surface area contributed by atoms with Crippen LogP contribution in [0.2, 0.25) is 0 Å². The Morgan fingerprint density at radius 2 is 1.74 bits per heavy atom. The van der Waals surface area contributed by atoms with Crippen LogP contribution in [0.15, 0.2) is 40.9 Å². The van der Waals surface area contributed by atoms with Crippen molar-refractivity contribution in [3.05, 3.63) is 57.6 Å². The fourth-order valence-corrected chi connectivity index (χ4v) is 2.79. The van der Waals surface area contributed by atoms with Crippen molar-refractivity contribution in [2.75, 3.05) is 6.61 Å². The summed E-state index contributed by atoms with van der Waals surface area (Å²) in [5.41, 5.74) is 6.94. The van der Waals surface area contributed by atoms with Crippen molar-refractivity contribution in [1.29, 1.82) is 0 Å². The number of hydrogen-bond donors (Lipinski definition) is 2. The molecule has 0 spiro atoms. The number of carbonyl (C=O) groups excluding carboxylic acids is 2. The SMILES string of the molecule is Cc1cccc(C)c1OCC(=O)NNC(=O)c1cc(Br)ccc1OC(C)C. The van der Waals surface area contributed by atoms with Gasteiger partial charge in [-0.15, -0.1) is 0 Å². The van der Waals surface area contributed by atoms with Crippen LogP contribution >= 0.6 is 15.9 Å². The monoisotopic (exact) mass is 434 g/mol.